The molecule has 3 rings (SSSR count). The number of carboxylic acid groups (broad SMARTS) is 1. The van der Waals surface area contributed by atoms with Crippen LogP contribution in [0, 0.1) is 11.7 Å². The van der Waals surface area contributed by atoms with Gasteiger partial charge in [-0.15, -0.1) is 0 Å². The number of hydrogen-bond donors (Lipinski definition) is 1. The zero-order valence-corrected chi connectivity index (χ0v) is 13.0. The van der Waals surface area contributed by atoms with Crippen LogP contribution < -0.4 is 0 Å². The van der Waals surface area contributed by atoms with Gasteiger partial charge in [0.25, 0.3) is 0 Å². The Kier molecular flexibility index (Phi) is 4.64. The number of amides is 1. The Morgan fingerprint density at radius 1 is 1.33 bits per heavy atom. The maximum Gasteiger partial charge on any atom is 0.309 e. The van der Waals surface area contributed by atoms with Crippen LogP contribution in [0.4, 0.5) is 4.39 Å². The normalized spacial score (nSPS) is 21.0. The highest BCUT2D eigenvalue weighted by atomic mass is 19.1. The first-order valence-corrected chi connectivity index (χ1v) is 7.86. The summed E-state index contributed by atoms with van der Waals surface area (Å²) in [5.41, 5.74) is 0.762. The second kappa shape index (κ2) is 6.86. The van der Waals surface area contributed by atoms with Gasteiger partial charge in [0.05, 0.1) is 12.2 Å². The van der Waals surface area contributed by atoms with Crippen molar-refractivity contribution in [2.45, 2.75) is 25.3 Å². The molecule has 5 nitrogen and oxygen atoms in total. The second-order valence-electron chi connectivity index (χ2n) is 5.91. The highest BCUT2D eigenvalue weighted by molar-refractivity contribution is 5.81. The fourth-order valence-corrected chi connectivity index (χ4v) is 3.23. The second-order valence-corrected chi connectivity index (χ2v) is 5.91. The number of carbonyl (C=O) groups is 2. The molecule has 0 unspecified atom stereocenters. The summed E-state index contributed by atoms with van der Waals surface area (Å²) in [4.78, 5) is 25.5. The van der Waals surface area contributed by atoms with Gasteiger partial charge in [-0.05, 0) is 42.7 Å². The predicted octanol–water partition coefficient (Wildman–Crippen LogP) is 3.03. The van der Waals surface area contributed by atoms with Gasteiger partial charge < -0.3 is 14.4 Å². The van der Waals surface area contributed by atoms with E-state index in [9.17, 15) is 19.1 Å². The molecule has 0 saturated carbocycles. The Morgan fingerprint density at radius 2 is 2.17 bits per heavy atom. The molecule has 0 bridgehead atoms. The van der Waals surface area contributed by atoms with Gasteiger partial charge in [-0.1, -0.05) is 12.1 Å². The summed E-state index contributed by atoms with van der Waals surface area (Å²) in [5, 5.41) is 9.50. The lowest BCUT2D eigenvalue weighted by Crippen LogP contribution is -2.46. The van der Waals surface area contributed by atoms with Crippen LogP contribution in [0.2, 0.25) is 0 Å². The van der Waals surface area contributed by atoms with E-state index in [0.717, 1.165) is 5.56 Å². The quantitative estimate of drug-likeness (QED) is 0.914. The van der Waals surface area contributed by atoms with Gasteiger partial charge >= 0.3 is 5.97 Å². The number of piperidine rings is 1. The van der Waals surface area contributed by atoms with Crippen molar-refractivity contribution in [1.29, 1.82) is 0 Å². The number of nitrogens with zero attached hydrogens (tertiary/aromatic N) is 1. The smallest absolute Gasteiger partial charge is 0.309 e. The molecule has 2 heterocycles. The predicted molar refractivity (Wildman–Crippen MR) is 83.6 cm³/mol. The van der Waals surface area contributed by atoms with E-state index in [1.54, 1.807) is 29.2 Å². The zero-order valence-electron chi connectivity index (χ0n) is 13.0. The number of aliphatic carboxylic acids is 1. The Labute approximate surface area is 138 Å². The molecule has 1 amide bonds. The monoisotopic (exact) mass is 331 g/mol. The number of likely N-dealkylation sites (tertiary alicyclic amines) is 1. The van der Waals surface area contributed by atoms with E-state index in [1.807, 2.05) is 0 Å². The maximum absolute atomic E-state index is 13.3. The molecule has 0 aliphatic carbocycles. The molecule has 0 radical (unpaired) electrons. The topological polar surface area (TPSA) is 70.8 Å². The van der Waals surface area contributed by atoms with Gasteiger partial charge in [-0.25, -0.2) is 4.39 Å². The number of benzene rings is 1. The molecular formula is C18H18FNO4. The van der Waals surface area contributed by atoms with Crippen molar-refractivity contribution in [3.8, 4) is 0 Å². The fraction of sp³-hybridized carbons (Fsp3) is 0.333. The van der Waals surface area contributed by atoms with Crippen molar-refractivity contribution in [2.75, 3.05) is 6.54 Å². The third-order valence-corrected chi connectivity index (χ3v) is 4.39. The van der Waals surface area contributed by atoms with E-state index in [4.69, 9.17) is 4.42 Å². The summed E-state index contributed by atoms with van der Waals surface area (Å²) in [6.07, 6.45) is 2.40. The SMILES string of the molecule is O=C(O)[C@@H]1CCC(=O)N(CCc2cccc(F)c2)[C@H]1c1ccco1. The van der Waals surface area contributed by atoms with Crippen LogP contribution >= 0.6 is 0 Å². The number of carboxylic acids is 1. The molecule has 1 saturated heterocycles. The first-order chi connectivity index (χ1) is 11.6. The van der Waals surface area contributed by atoms with E-state index in [2.05, 4.69) is 0 Å². The molecule has 1 aliphatic heterocycles. The molecule has 24 heavy (non-hydrogen) atoms. The lowest BCUT2D eigenvalue weighted by Gasteiger charge is -2.38. The summed E-state index contributed by atoms with van der Waals surface area (Å²) >= 11 is 0. The average molecular weight is 331 g/mol. The molecule has 1 aliphatic rings. The zero-order chi connectivity index (χ0) is 17.1. The van der Waals surface area contributed by atoms with Gasteiger partial charge in [0, 0.05) is 13.0 Å². The molecule has 1 aromatic heterocycles. The van der Waals surface area contributed by atoms with Crippen molar-refractivity contribution in [3.63, 3.8) is 0 Å². The highest BCUT2D eigenvalue weighted by Crippen LogP contribution is 2.37. The van der Waals surface area contributed by atoms with Crippen molar-refractivity contribution < 1.29 is 23.5 Å². The number of furan rings is 1. The van der Waals surface area contributed by atoms with Crippen molar-refractivity contribution in [1.82, 2.24) is 4.90 Å². The molecular weight excluding hydrogens is 313 g/mol. The molecule has 1 aromatic carbocycles. The number of carbonyl (C=O) groups excluding carboxylic acids is 1. The molecule has 1 fully saturated rings. The highest BCUT2D eigenvalue weighted by Gasteiger charge is 2.41. The number of halogens is 1. The van der Waals surface area contributed by atoms with Crippen LogP contribution in [-0.4, -0.2) is 28.4 Å². The minimum atomic E-state index is -0.945. The van der Waals surface area contributed by atoms with Gasteiger partial charge in [0.1, 0.15) is 17.6 Å². The summed E-state index contributed by atoms with van der Waals surface area (Å²) < 4.78 is 18.7. The van der Waals surface area contributed by atoms with Crippen LogP contribution in [0.1, 0.15) is 30.2 Å². The van der Waals surface area contributed by atoms with Crippen LogP contribution in [0.3, 0.4) is 0 Å². The minimum absolute atomic E-state index is 0.106. The Balaban J connectivity index is 1.84. The van der Waals surface area contributed by atoms with Crippen LogP contribution in [0.25, 0.3) is 0 Å². The molecule has 2 aromatic rings. The first kappa shape index (κ1) is 16.2. The lowest BCUT2D eigenvalue weighted by molar-refractivity contribution is -0.152. The third kappa shape index (κ3) is 3.32. The van der Waals surface area contributed by atoms with E-state index in [1.165, 1.54) is 18.4 Å². The standard InChI is InChI=1S/C18H18FNO4/c19-13-4-1-3-12(11-13)8-9-20-16(21)7-6-14(18(22)23)17(20)15-5-2-10-24-15/h1-5,10-11,14,17H,6-9H2,(H,22,23)/t14-,17-/m1/s1. The Hall–Kier alpha value is -2.63. The summed E-state index contributed by atoms with van der Waals surface area (Å²) in [6.45, 7) is 0.317. The molecule has 0 spiro atoms. The van der Waals surface area contributed by atoms with Gasteiger partial charge in [-0.2, -0.15) is 0 Å². The maximum atomic E-state index is 13.3. The molecule has 1 N–H and O–H groups in total. The molecule has 126 valence electrons. The summed E-state index contributed by atoms with van der Waals surface area (Å²) in [7, 11) is 0. The van der Waals surface area contributed by atoms with Crippen molar-refractivity contribution in [2.24, 2.45) is 5.92 Å². The molecule has 6 heteroatoms. The summed E-state index contributed by atoms with van der Waals surface area (Å²) in [6, 6.07) is 8.92. The van der Waals surface area contributed by atoms with Crippen LogP contribution in [0.5, 0.6) is 0 Å². The van der Waals surface area contributed by atoms with E-state index < -0.39 is 17.9 Å². The summed E-state index contributed by atoms with van der Waals surface area (Å²) in [5.74, 6) is -1.62. The van der Waals surface area contributed by atoms with E-state index in [0.29, 0.717) is 18.7 Å². The number of rotatable bonds is 5. The lowest BCUT2D eigenvalue weighted by atomic mass is 9.87. The largest absolute Gasteiger partial charge is 0.481 e. The molecule has 2 atom stereocenters. The third-order valence-electron chi connectivity index (χ3n) is 4.39. The van der Waals surface area contributed by atoms with E-state index >= 15 is 0 Å². The fourth-order valence-electron chi connectivity index (χ4n) is 3.23. The first-order valence-electron chi connectivity index (χ1n) is 7.86. The Bertz CT molecular complexity index is 728. The van der Waals surface area contributed by atoms with Gasteiger partial charge in [0.15, 0.2) is 0 Å². The average Bonchev–Trinajstić information content (AvgIpc) is 3.07. The van der Waals surface area contributed by atoms with Gasteiger partial charge in [0.2, 0.25) is 5.91 Å². The number of hydrogen-bond acceptors (Lipinski definition) is 3. The Morgan fingerprint density at radius 3 is 2.83 bits per heavy atom. The van der Waals surface area contributed by atoms with E-state index in [-0.39, 0.29) is 24.6 Å². The van der Waals surface area contributed by atoms with Crippen molar-refractivity contribution in [3.05, 3.63) is 59.8 Å². The van der Waals surface area contributed by atoms with Crippen LogP contribution in [-0.2, 0) is 16.0 Å². The van der Waals surface area contributed by atoms with Gasteiger partial charge in [-0.3, -0.25) is 9.59 Å². The van der Waals surface area contributed by atoms with Crippen LogP contribution in [0.15, 0.2) is 47.1 Å². The van der Waals surface area contributed by atoms with Crippen molar-refractivity contribution >= 4 is 11.9 Å². The minimum Gasteiger partial charge on any atom is -0.481 e.